The smallest absolute Gasteiger partial charge is 0.326 e. The van der Waals surface area contributed by atoms with Crippen molar-refractivity contribution < 1.29 is 19.4 Å². The molecule has 0 spiro atoms. The quantitative estimate of drug-likeness (QED) is 0.761. The maximum Gasteiger partial charge on any atom is 0.326 e. The molecule has 5 nitrogen and oxygen atoms in total. The van der Waals surface area contributed by atoms with Crippen molar-refractivity contribution in [2.75, 3.05) is 18.6 Å². The SMILES string of the molecule is CSCC[C@@H](NC(=O)COc1ccc(C(C)(C)C)cc1)C(=O)O. The molecule has 128 valence electrons. The zero-order valence-electron chi connectivity index (χ0n) is 14.1. The molecule has 1 amide bonds. The predicted octanol–water partition coefficient (Wildman–Crippen LogP) is 2.69. The van der Waals surface area contributed by atoms with Gasteiger partial charge >= 0.3 is 5.97 Å². The monoisotopic (exact) mass is 339 g/mol. The van der Waals surface area contributed by atoms with Crippen molar-refractivity contribution >= 4 is 23.6 Å². The van der Waals surface area contributed by atoms with Crippen molar-refractivity contribution in [2.24, 2.45) is 0 Å². The van der Waals surface area contributed by atoms with Gasteiger partial charge in [0.15, 0.2) is 6.61 Å². The summed E-state index contributed by atoms with van der Waals surface area (Å²) >= 11 is 1.54. The molecule has 1 rings (SSSR count). The standard InChI is InChI=1S/C17H25NO4S/c1-17(2,3)12-5-7-13(8-6-12)22-11-15(19)18-14(16(20)21)9-10-23-4/h5-8,14H,9-11H2,1-4H3,(H,18,19)(H,20,21)/t14-/m1/s1. The van der Waals surface area contributed by atoms with E-state index in [9.17, 15) is 9.59 Å². The van der Waals surface area contributed by atoms with E-state index in [1.165, 1.54) is 5.56 Å². The summed E-state index contributed by atoms with van der Waals surface area (Å²) in [4.78, 5) is 22.9. The van der Waals surface area contributed by atoms with Crippen molar-refractivity contribution in [3.8, 4) is 5.75 Å². The minimum atomic E-state index is -1.03. The molecule has 1 aromatic carbocycles. The first-order valence-electron chi connectivity index (χ1n) is 7.48. The molecule has 1 atom stereocenters. The van der Waals surface area contributed by atoms with Crippen LogP contribution in [0.25, 0.3) is 0 Å². The minimum absolute atomic E-state index is 0.0574. The third-order valence-corrected chi connectivity index (χ3v) is 3.98. The second kappa shape index (κ2) is 8.82. The summed E-state index contributed by atoms with van der Waals surface area (Å²) in [6, 6.07) is 6.69. The van der Waals surface area contributed by atoms with Crippen LogP contribution < -0.4 is 10.1 Å². The summed E-state index contributed by atoms with van der Waals surface area (Å²) in [7, 11) is 0. The van der Waals surface area contributed by atoms with Crippen molar-refractivity contribution in [1.29, 1.82) is 0 Å². The lowest BCUT2D eigenvalue weighted by atomic mass is 9.87. The minimum Gasteiger partial charge on any atom is -0.484 e. The number of hydrogen-bond donors (Lipinski definition) is 2. The molecule has 0 saturated heterocycles. The molecule has 0 aliphatic heterocycles. The van der Waals surface area contributed by atoms with Gasteiger partial charge in [-0.3, -0.25) is 4.79 Å². The topological polar surface area (TPSA) is 75.6 Å². The number of carbonyl (C=O) groups is 2. The second-order valence-corrected chi connectivity index (χ2v) is 7.29. The first-order chi connectivity index (χ1) is 10.7. The van der Waals surface area contributed by atoms with Gasteiger partial charge in [-0.15, -0.1) is 0 Å². The van der Waals surface area contributed by atoms with Crippen LogP contribution in [0.3, 0.4) is 0 Å². The van der Waals surface area contributed by atoms with Crippen LogP contribution in [0, 0.1) is 0 Å². The van der Waals surface area contributed by atoms with Crippen LogP contribution in [-0.2, 0) is 15.0 Å². The summed E-state index contributed by atoms with van der Waals surface area (Å²) in [6.07, 6.45) is 2.29. The molecule has 0 aliphatic carbocycles. The molecule has 0 radical (unpaired) electrons. The average molecular weight is 339 g/mol. The number of benzene rings is 1. The lowest BCUT2D eigenvalue weighted by Gasteiger charge is -2.19. The van der Waals surface area contributed by atoms with Crippen LogP contribution in [0.5, 0.6) is 5.75 Å². The summed E-state index contributed by atoms with van der Waals surface area (Å²) in [5.41, 5.74) is 1.24. The largest absolute Gasteiger partial charge is 0.484 e. The first kappa shape index (κ1) is 19.4. The zero-order chi connectivity index (χ0) is 17.5. The Morgan fingerprint density at radius 1 is 1.26 bits per heavy atom. The number of amides is 1. The number of carboxylic acids is 1. The Balaban J connectivity index is 2.50. The zero-order valence-corrected chi connectivity index (χ0v) is 14.9. The van der Waals surface area contributed by atoms with Gasteiger partial charge in [0, 0.05) is 0 Å². The third kappa shape index (κ3) is 6.95. The van der Waals surface area contributed by atoms with Gasteiger partial charge in [-0.1, -0.05) is 32.9 Å². The van der Waals surface area contributed by atoms with Gasteiger partial charge in [-0.05, 0) is 41.5 Å². The molecule has 6 heteroatoms. The normalized spacial score (nSPS) is 12.5. The van der Waals surface area contributed by atoms with Crippen molar-refractivity contribution in [3.63, 3.8) is 0 Å². The maximum atomic E-state index is 11.8. The molecule has 0 aromatic heterocycles. The number of nitrogens with one attached hydrogen (secondary N) is 1. The molecule has 2 N–H and O–H groups in total. The molecule has 1 aromatic rings. The summed E-state index contributed by atoms with van der Waals surface area (Å²) in [6.45, 7) is 6.17. The molecule has 0 heterocycles. The number of hydrogen-bond acceptors (Lipinski definition) is 4. The van der Waals surface area contributed by atoms with Gasteiger partial charge in [-0.2, -0.15) is 11.8 Å². The van der Waals surface area contributed by atoms with Crippen LogP contribution in [0.2, 0.25) is 0 Å². The van der Waals surface area contributed by atoms with Gasteiger partial charge < -0.3 is 15.2 Å². The molecular weight excluding hydrogens is 314 g/mol. The van der Waals surface area contributed by atoms with Crippen LogP contribution in [0.1, 0.15) is 32.8 Å². The Hall–Kier alpha value is -1.69. The third-order valence-electron chi connectivity index (χ3n) is 3.33. The lowest BCUT2D eigenvalue weighted by molar-refractivity contribution is -0.142. The molecule has 0 fully saturated rings. The van der Waals surface area contributed by atoms with Gasteiger partial charge in [-0.25, -0.2) is 4.79 Å². The van der Waals surface area contributed by atoms with E-state index in [-0.39, 0.29) is 12.0 Å². The van der Waals surface area contributed by atoms with E-state index in [2.05, 4.69) is 26.1 Å². The van der Waals surface area contributed by atoms with E-state index < -0.39 is 17.9 Å². The summed E-state index contributed by atoms with van der Waals surface area (Å²) in [5.74, 6) is -0.198. The van der Waals surface area contributed by atoms with E-state index >= 15 is 0 Å². The Morgan fingerprint density at radius 2 is 1.87 bits per heavy atom. The van der Waals surface area contributed by atoms with Crippen LogP contribution >= 0.6 is 11.8 Å². The lowest BCUT2D eigenvalue weighted by Crippen LogP contribution is -2.43. The first-order valence-corrected chi connectivity index (χ1v) is 8.88. The maximum absolute atomic E-state index is 11.8. The Kier molecular flexibility index (Phi) is 7.42. The van der Waals surface area contributed by atoms with Gasteiger partial charge in [0.05, 0.1) is 0 Å². The van der Waals surface area contributed by atoms with Crippen molar-refractivity contribution in [3.05, 3.63) is 29.8 Å². The fraction of sp³-hybridized carbons (Fsp3) is 0.529. The Labute approximate surface area is 141 Å². The van der Waals surface area contributed by atoms with E-state index in [1.807, 2.05) is 30.5 Å². The summed E-state index contributed by atoms with van der Waals surface area (Å²) in [5, 5.41) is 11.6. The van der Waals surface area contributed by atoms with Crippen LogP contribution in [0.4, 0.5) is 0 Å². The number of rotatable bonds is 8. The highest BCUT2D eigenvalue weighted by Crippen LogP contribution is 2.24. The number of carbonyl (C=O) groups excluding carboxylic acids is 1. The second-order valence-electron chi connectivity index (χ2n) is 6.30. The average Bonchev–Trinajstić information content (AvgIpc) is 2.48. The fourth-order valence-corrected chi connectivity index (χ4v) is 2.40. The molecular formula is C17H25NO4S. The molecule has 0 bridgehead atoms. The van der Waals surface area contributed by atoms with Crippen molar-refractivity contribution in [2.45, 2.75) is 38.6 Å². The predicted molar refractivity (Wildman–Crippen MR) is 93.2 cm³/mol. The molecule has 0 unspecified atom stereocenters. The highest BCUT2D eigenvalue weighted by atomic mass is 32.2. The van der Waals surface area contributed by atoms with Gasteiger partial charge in [0.25, 0.3) is 5.91 Å². The Morgan fingerprint density at radius 3 is 2.35 bits per heavy atom. The van der Waals surface area contributed by atoms with E-state index in [0.29, 0.717) is 17.9 Å². The van der Waals surface area contributed by atoms with Crippen LogP contribution in [-0.4, -0.2) is 41.6 Å². The van der Waals surface area contributed by atoms with E-state index in [4.69, 9.17) is 9.84 Å². The number of aliphatic carboxylic acids is 1. The highest BCUT2D eigenvalue weighted by molar-refractivity contribution is 7.98. The number of thioether (sulfide) groups is 1. The fourth-order valence-electron chi connectivity index (χ4n) is 1.93. The Bertz CT molecular complexity index is 522. The molecule has 23 heavy (non-hydrogen) atoms. The van der Waals surface area contributed by atoms with Crippen molar-refractivity contribution in [1.82, 2.24) is 5.32 Å². The highest BCUT2D eigenvalue weighted by Gasteiger charge is 2.19. The van der Waals surface area contributed by atoms with Crippen LogP contribution in [0.15, 0.2) is 24.3 Å². The number of carboxylic acid groups (broad SMARTS) is 1. The molecule has 0 aliphatic rings. The summed E-state index contributed by atoms with van der Waals surface area (Å²) < 4.78 is 5.41. The van der Waals surface area contributed by atoms with Gasteiger partial charge in [0.2, 0.25) is 0 Å². The van der Waals surface area contributed by atoms with E-state index in [1.54, 1.807) is 11.8 Å². The van der Waals surface area contributed by atoms with Gasteiger partial charge in [0.1, 0.15) is 11.8 Å². The van der Waals surface area contributed by atoms with E-state index in [0.717, 1.165) is 0 Å². The molecule has 0 saturated carbocycles. The number of ether oxygens (including phenoxy) is 1.